The number of aryl methyl sites for hydroxylation is 1. The van der Waals surface area contributed by atoms with Gasteiger partial charge in [0.2, 0.25) is 0 Å². The topological polar surface area (TPSA) is 43.1 Å². The normalized spacial score (nSPS) is 9.92. The molecule has 0 aliphatic carbocycles. The fourth-order valence-electron chi connectivity index (χ4n) is 0.841. The van der Waals surface area contributed by atoms with Crippen molar-refractivity contribution in [1.29, 1.82) is 0 Å². The second-order valence-corrected chi connectivity index (χ2v) is 3.54. The molecule has 0 aliphatic heterocycles. The Morgan fingerprint density at radius 1 is 1.58 bits per heavy atom. The van der Waals surface area contributed by atoms with Crippen molar-refractivity contribution in [3.63, 3.8) is 0 Å². The number of rotatable bonds is 1. The van der Waals surface area contributed by atoms with E-state index in [9.17, 15) is 10.1 Å². The van der Waals surface area contributed by atoms with E-state index in [0.717, 1.165) is 5.56 Å². The zero-order valence-corrected chi connectivity index (χ0v) is 8.52. The lowest BCUT2D eigenvalue weighted by atomic mass is 10.2. The Labute approximate surface area is 82.6 Å². The minimum Gasteiger partial charge on any atom is -0.258 e. The van der Waals surface area contributed by atoms with Crippen molar-refractivity contribution >= 4 is 33.2 Å². The van der Waals surface area contributed by atoms with Crippen LogP contribution in [0.1, 0.15) is 5.56 Å². The van der Waals surface area contributed by atoms with Gasteiger partial charge in [0.1, 0.15) is 0 Å². The number of halogens is 2. The summed E-state index contributed by atoms with van der Waals surface area (Å²) in [5, 5.41) is 10.8. The van der Waals surface area contributed by atoms with E-state index in [2.05, 4.69) is 15.9 Å². The average Bonchev–Trinajstić information content (AvgIpc) is 1.96. The molecule has 0 radical (unpaired) electrons. The molecule has 0 spiro atoms. The second-order valence-electron chi connectivity index (χ2n) is 2.31. The summed E-state index contributed by atoms with van der Waals surface area (Å²) in [6.45, 7) is 1.75. The Morgan fingerprint density at radius 3 is 2.67 bits per heavy atom. The summed E-state index contributed by atoms with van der Waals surface area (Å²) >= 11 is 8.76. The summed E-state index contributed by atoms with van der Waals surface area (Å²) in [6, 6.07) is 2.98. The molecule has 0 atom stereocenters. The van der Waals surface area contributed by atoms with Crippen LogP contribution in [0.2, 0.25) is 5.02 Å². The Bertz CT molecular complexity index is 340. The first-order valence-electron chi connectivity index (χ1n) is 3.12. The van der Waals surface area contributed by atoms with Gasteiger partial charge in [-0.3, -0.25) is 10.1 Å². The minimum absolute atomic E-state index is 0.000000000000000222. The van der Waals surface area contributed by atoms with Crippen LogP contribution in [-0.4, -0.2) is 4.92 Å². The number of nitrogens with zero attached hydrogens (tertiary/aromatic N) is 1. The standard InChI is InChI=1S/C7H5BrClNO2/c1-4-2-5(9)3-6(7(4)8)10(11)12/h2-3H,1H3. The number of hydrogen-bond donors (Lipinski definition) is 0. The van der Waals surface area contributed by atoms with Crippen LogP contribution in [0.15, 0.2) is 16.6 Å². The van der Waals surface area contributed by atoms with Crippen LogP contribution in [0.5, 0.6) is 0 Å². The molecule has 0 N–H and O–H groups in total. The van der Waals surface area contributed by atoms with Crippen molar-refractivity contribution in [3.8, 4) is 0 Å². The molecule has 1 aromatic carbocycles. The first kappa shape index (κ1) is 9.48. The van der Waals surface area contributed by atoms with E-state index in [0.29, 0.717) is 9.50 Å². The van der Waals surface area contributed by atoms with Crippen molar-refractivity contribution in [2.45, 2.75) is 6.92 Å². The van der Waals surface area contributed by atoms with Crippen LogP contribution in [0.25, 0.3) is 0 Å². The molecular weight excluding hydrogens is 245 g/mol. The van der Waals surface area contributed by atoms with E-state index in [4.69, 9.17) is 11.6 Å². The van der Waals surface area contributed by atoms with Gasteiger partial charge in [-0.1, -0.05) is 11.6 Å². The van der Waals surface area contributed by atoms with E-state index < -0.39 is 4.92 Å². The van der Waals surface area contributed by atoms with Gasteiger partial charge in [0.05, 0.1) is 9.40 Å². The molecule has 0 saturated heterocycles. The molecule has 3 nitrogen and oxygen atoms in total. The van der Waals surface area contributed by atoms with Crippen LogP contribution >= 0.6 is 27.5 Å². The fourth-order valence-corrected chi connectivity index (χ4v) is 1.48. The monoisotopic (exact) mass is 249 g/mol. The molecule has 1 rings (SSSR count). The van der Waals surface area contributed by atoms with Crippen molar-refractivity contribution in [2.75, 3.05) is 0 Å². The molecule has 0 aliphatic rings. The van der Waals surface area contributed by atoms with E-state index in [1.165, 1.54) is 6.07 Å². The van der Waals surface area contributed by atoms with E-state index in [1.807, 2.05) is 0 Å². The maximum Gasteiger partial charge on any atom is 0.285 e. The summed E-state index contributed by atoms with van der Waals surface area (Å²) in [5.74, 6) is 0. The van der Waals surface area contributed by atoms with E-state index in [1.54, 1.807) is 13.0 Å². The van der Waals surface area contributed by atoms with Crippen LogP contribution < -0.4 is 0 Å². The van der Waals surface area contributed by atoms with Crippen LogP contribution in [0.3, 0.4) is 0 Å². The lowest BCUT2D eigenvalue weighted by Gasteiger charge is -1.99. The van der Waals surface area contributed by atoms with Crippen molar-refractivity contribution < 1.29 is 4.92 Å². The third-order valence-corrected chi connectivity index (χ3v) is 2.65. The lowest BCUT2D eigenvalue weighted by molar-refractivity contribution is -0.385. The van der Waals surface area contributed by atoms with Gasteiger partial charge < -0.3 is 0 Å². The molecular formula is C7H5BrClNO2. The van der Waals surface area contributed by atoms with Crippen LogP contribution in [0, 0.1) is 17.0 Å². The summed E-state index contributed by atoms with van der Waals surface area (Å²) in [4.78, 5) is 9.97. The minimum atomic E-state index is -0.469. The third kappa shape index (κ3) is 1.76. The Morgan fingerprint density at radius 2 is 2.17 bits per heavy atom. The van der Waals surface area contributed by atoms with Gasteiger partial charge in [0.15, 0.2) is 0 Å². The summed E-state index contributed by atoms with van der Waals surface area (Å²) in [5.41, 5.74) is 0.759. The van der Waals surface area contributed by atoms with Gasteiger partial charge in [0, 0.05) is 11.1 Å². The zero-order chi connectivity index (χ0) is 9.30. The predicted octanol–water partition coefficient (Wildman–Crippen LogP) is 3.32. The van der Waals surface area contributed by atoms with Crippen molar-refractivity contribution in [3.05, 3.63) is 37.3 Å². The maximum absolute atomic E-state index is 10.4. The van der Waals surface area contributed by atoms with Crippen molar-refractivity contribution in [1.82, 2.24) is 0 Å². The van der Waals surface area contributed by atoms with Crippen LogP contribution in [-0.2, 0) is 0 Å². The Hall–Kier alpha value is -0.610. The smallest absolute Gasteiger partial charge is 0.258 e. The summed E-state index contributed by atoms with van der Waals surface area (Å²) in [6.07, 6.45) is 0. The van der Waals surface area contributed by atoms with Gasteiger partial charge >= 0.3 is 0 Å². The largest absolute Gasteiger partial charge is 0.285 e. The molecule has 0 bridgehead atoms. The van der Waals surface area contributed by atoms with Gasteiger partial charge in [-0.25, -0.2) is 0 Å². The molecule has 0 fully saturated rings. The number of nitro benzene ring substituents is 1. The summed E-state index contributed by atoms with van der Waals surface area (Å²) in [7, 11) is 0. The number of benzene rings is 1. The molecule has 12 heavy (non-hydrogen) atoms. The molecule has 5 heteroatoms. The molecule has 0 heterocycles. The summed E-state index contributed by atoms with van der Waals surface area (Å²) < 4.78 is 0.483. The molecule has 0 amide bonds. The number of nitro groups is 1. The lowest BCUT2D eigenvalue weighted by Crippen LogP contribution is -1.90. The predicted molar refractivity (Wildman–Crippen MR) is 50.5 cm³/mol. The second kappa shape index (κ2) is 3.41. The van der Waals surface area contributed by atoms with Gasteiger partial charge in [-0.15, -0.1) is 0 Å². The average molecular weight is 250 g/mol. The Kier molecular flexibility index (Phi) is 2.69. The molecule has 0 aromatic heterocycles. The fraction of sp³-hybridized carbons (Fsp3) is 0.143. The van der Waals surface area contributed by atoms with Crippen LogP contribution in [0.4, 0.5) is 5.69 Å². The number of hydrogen-bond acceptors (Lipinski definition) is 2. The Balaban J connectivity index is 3.37. The zero-order valence-electron chi connectivity index (χ0n) is 6.17. The first-order chi connectivity index (χ1) is 5.52. The molecule has 64 valence electrons. The van der Waals surface area contributed by atoms with Gasteiger partial charge in [0.25, 0.3) is 5.69 Å². The first-order valence-corrected chi connectivity index (χ1v) is 4.29. The van der Waals surface area contributed by atoms with Gasteiger partial charge in [-0.2, -0.15) is 0 Å². The third-order valence-electron chi connectivity index (χ3n) is 1.40. The highest BCUT2D eigenvalue weighted by Crippen LogP contribution is 2.31. The highest BCUT2D eigenvalue weighted by molar-refractivity contribution is 9.10. The molecule has 0 saturated carbocycles. The maximum atomic E-state index is 10.4. The quantitative estimate of drug-likeness (QED) is 0.567. The SMILES string of the molecule is Cc1cc(Cl)cc([N+](=O)[O-])c1Br. The molecule has 1 aromatic rings. The van der Waals surface area contributed by atoms with Gasteiger partial charge in [-0.05, 0) is 34.5 Å². The molecule has 0 unspecified atom stereocenters. The highest BCUT2D eigenvalue weighted by atomic mass is 79.9. The van der Waals surface area contributed by atoms with E-state index in [-0.39, 0.29) is 5.69 Å². The van der Waals surface area contributed by atoms with E-state index >= 15 is 0 Å². The van der Waals surface area contributed by atoms with Crippen molar-refractivity contribution in [2.24, 2.45) is 0 Å². The highest BCUT2D eigenvalue weighted by Gasteiger charge is 2.14.